The van der Waals surface area contributed by atoms with Crippen molar-refractivity contribution in [2.75, 3.05) is 25.5 Å². The molecule has 0 saturated carbocycles. The van der Waals surface area contributed by atoms with Crippen molar-refractivity contribution in [1.29, 1.82) is 0 Å². The van der Waals surface area contributed by atoms with E-state index in [9.17, 15) is 4.79 Å². The number of hydrogen-bond acceptors (Lipinski definition) is 5. The van der Waals surface area contributed by atoms with Crippen LogP contribution in [0.1, 0.15) is 43.3 Å². The molecule has 0 aliphatic carbocycles. The molecule has 1 aromatic heterocycles. The fraction of sp³-hybridized carbons (Fsp3) is 0.400. The number of carbonyl (C=O) groups is 1. The number of para-hydroxylation sites is 1. The molecule has 2 aromatic carbocycles. The van der Waals surface area contributed by atoms with Crippen molar-refractivity contribution in [3.63, 3.8) is 0 Å². The molecule has 168 valence electrons. The zero-order valence-corrected chi connectivity index (χ0v) is 20.0. The van der Waals surface area contributed by atoms with E-state index in [1.54, 1.807) is 0 Å². The minimum Gasteiger partial charge on any atom is -0.311 e. The van der Waals surface area contributed by atoms with Gasteiger partial charge in [0.1, 0.15) is 0 Å². The van der Waals surface area contributed by atoms with Crippen molar-refractivity contribution in [2.45, 2.75) is 49.7 Å². The first kappa shape index (κ1) is 22.6. The Balaban J connectivity index is 1.60. The maximum atomic E-state index is 13.3. The van der Waals surface area contributed by atoms with Gasteiger partial charge in [-0.1, -0.05) is 67.2 Å². The van der Waals surface area contributed by atoms with Gasteiger partial charge < -0.3 is 9.47 Å². The lowest BCUT2D eigenvalue weighted by Gasteiger charge is -2.24. The highest BCUT2D eigenvalue weighted by Crippen LogP contribution is 2.32. The summed E-state index contributed by atoms with van der Waals surface area (Å²) in [4.78, 5) is 17.4. The van der Waals surface area contributed by atoms with E-state index in [2.05, 4.69) is 58.9 Å². The highest BCUT2D eigenvalue weighted by Gasteiger charge is 2.30. The molecule has 2 atom stereocenters. The monoisotopic (exact) mass is 449 g/mol. The Morgan fingerprint density at radius 1 is 1.09 bits per heavy atom. The number of fused-ring (bicyclic) bond motifs is 1. The number of anilines is 1. The van der Waals surface area contributed by atoms with Gasteiger partial charge >= 0.3 is 0 Å². The molecule has 1 aliphatic heterocycles. The molecule has 0 saturated heterocycles. The summed E-state index contributed by atoms with van der Waals surface area (Å²) in [5.74, 6) is 1.06. The van der Waals surface area contributed by atoms with E-state index in [1.165, 1.54) is 22.9 Å². The van der Waals surface area contributed by atoms with Crippen molar-refractivity contribution < 1.29 is 4.79 Å². The molecular formula is C25H31N5OS. The quantitative estimate of drug-likeness (QED) is 0.477. The van der Waals surface area contributed by atoms with Crippen LogP contribution in [0, 0.1) is 0 Å². The topological polar surface area (TPSA) is 54.3 Å². The number of amides is 1. The summed E-state index contributed by atoms with van der Waals surface area (Å²) in [5.41, 5.74) is 3.47. The Labute approximate surface area is 194 Å². The second-order valence-corrected chi connectivity index (χ2v) is 9.74. The normalized spacial score (nSPS) is 15.1. The number of hydrogen-bond donors (Lipinski definition) is 0. The molecule has 0 N–H and O–H groups in total. The van der Waals surface area contributed by atoms with E-state index in [0.29, 0.717) is 6.54 Å². The standard InChI is InChI=1S/C25H31N5OS/c1-5-21(28(3)4)23-26-27-25(30(23)17-19-11-7-6-8-12-19)32-18(2)24(31)29-16-15-20-13-9-10-14-22(20)29/h6-14,18,21H,5,15-17H2,1-4H3. The number of carbonyl (C=O) groups excluding carboxylic acids is 1. The Kier molecular flexibility index (Phi) is 6.96. The molecule has 32 heavy (non-hydrogen) atoms. The number of aromatic nitrogens is 3. The molecular weight excluding hydrogens is 418 g/mol. The molecule has 3 aromatic rings. The van der Waals surface area contributed by atoms with Crippen LogP contribution >= 0.6 is 11.8 Å². The fourth-order valence-corrected chi connectivity index (χ4v) is 5.24. The molecule has 2 heterocycles. The van der Waals surface area contributed by atoms with Crippen LogP contribution in [0.4, 0.5) is 5.69 Å². The van der Waals surface area contributed by atoms with Gasteiger partial charge in [0.05, 0.1) is 17.8 Å². The van der Waals surface area contributed by atoms with Crippen molar-refractivity contribution >= 4 is 23.4 Å². The Bertz CT molecular complexity index is 1070. The number of nitrogens with zero attached hydrogens (tertiary/aromatic N) is 5. The van der Waals surface area contributed by atoms with Crippen LogP contribution in [-0.4, -0.2) is 51.5 Å². The van der Waals surface area contributed by atoms with E-state index in [0.717, 1.165) is 36.1 Å². The number of benzene rings is 2. The van der Waals surface area contributed by atoms with Gasteiger partial charge in [-0.2, -0.15) is 0 Å². The van der Waals surface area contributed by atoms with Crippen molar-refractivity contribution in [1.82, 2.24) is 19.7 Å². The van der Waals surface area contributed by atoms with E-state index < -0.39 is 0 Å². The summed E-state index contributed by atoms with van der Waals surface area (Å²) >= 11 is 1.50. The molecule has 4 rings (SSSR count). The molecule has 1 amide bonds. The van der Waals surface area contributed by atoms with Crippen LogP contribution in [-0.2, 0) is 17.8 Å². The van der Waals surface area contributed by atoms with Crippen LogP contribution in [0.15, 0.2) is 59.8 Å². The van der Waals surface area contributed by atoms with E-state index in [4.69, 9.17) is 0 Å². The van der Waals surface area contributed by atoms with Gasteiger partial charge in [-0.25, -0.2) is 0 Å². The average molecular weight is 450 g/mol. The highest BCUT2D eigenvalue weighted by atomic mass is 32.2. The minimum absolute atomic E-state index is 0.121. The predicted octanol–water partition coefficient (Wildman–Crippen LogP) is 4.41. The third-order valence-corrected chi connectivity index (χ3v) is 7.09. The van der Waals surface area contributed by atoms with Crippen molar-refractivity contribution in [2.24, 2.45) is 0 Å². The van der Waals surface area contributed by atoms with Crippen LogP contribution in [0.25, 0.3) is 0 Å². The first-order valence-corrected chi connectivity index (χ1v) is 12.1. The lowest BCUT2D eigenvalue weighted by atomic mass is 10.2. The van der Waals surface area contributed by atoms with Gasteiger partial charge in [0, 0.05) is 12.2 Å². The van der Waals surface area contributed by atoms with Crippen LogP contribution in [0.2, 0.25) is 0 Å². The maximum absolute atomic E-state index is 13.3. The molecule has 0 spiro atoms. The van der Waals surface area contributed by atoms with Crippen LogP contribution < -0.4 is 4.90 Å². The van der Waals surface area contributed by atoms with Gasteiger partial charge in [-0.05, 0) is 51.1 Å². The molecule has 6 nitrogen and oxygen atoms in total. The highest BCUT2D eigenvalue weighted by molar-refractivity contribution is 8.00. The van der Waals surface area contributed by atoms with E-state index >= 15 is 0 Å². The Morgan fingerprint density at radius 2 is 1.81 bits per heavy atom. The summed E-state index contributed by atoms with van der Waals surface area (Å²) in [5, 5.41) is 9.64. The second-order valence-electron chi connectivity index (χ2n) is 8.43. The third-order valence-electron chi connectivity index (χ3n) is 6.02. The predicted molar refractivity (Wildman–Crippen MR) is 130 cm³/mol. The molecule has 7 heteroatoms. The molecule has 0 radical (unpaired) electrons. The smallest absolute Gasteiger partial charge is 0.240 e. The van der Waals surface area contributed by atoms with Gasteiger partial charge in [-0.15, -0.1) is 10.2 Å². The zero-order chi connectivity index (χ0) is 22.7. The van der Waals surface area contributed by atoms with Crippen LogP contribution in [0.5, 0.6) is 0 Å². The SMILES string of the molecule is CCC(c1nnc(SC(C)C(=O)N2CCc3ccccc32)n1Cc1ccccc1)N(C)C. The number of rotatable bonds is 8. The van der Waals surface area contributed by atoms with Crippen LogP contribution in [0.3, 0.4) is 0 Å². The first-order chi connectivity index (χ1) is 15.5. The van der Waals surface area contributed by atoms with E-state index in [-0.39, 0.29) is 17.2 Å². The molecule has 2 unspecified atom stereocenters. The lowest BCUT2D eigenvalue weighted by molar-refractivity contribution is -0.117. The van der Waals surface area contributed by atoms with Gasteiger partial charge in [0.25, 0.3) is 0 Å². The summed E-state index contributed by atoms with van der Waals surface area (Å²) in [7, 11) is 4.14. The van der Waals surface area contributed by atoms with Gasteiger partial charge in [0.15, 0.2) is 11.0 Å². The Hall–Kier alpha value is -2.64. The van der Waals surface area contributed by atoms with Gasteiger partial charge in [-0.3, -0.25) is 9.69 Å². The third kappa shape index (κ3) is 4.59. The summed E-state index contributed by atoms with van der Waals surface area (Å²) in [6.45, 7) is 5.56. The first-order valence-electron chi connectivity index (χ1n) is 11.2. The summed E-state index contributed by atoms with van der Waals surface area (Å²) in [6.07, 6.45) is 1.85. The van der Waals surface area contributed by atoms with Crippen molar-refractivity contribution in [3.8, 4) is 0 Å². The van der Waals surface area contributed by atoms with Gasteiger partial charge in [0.2, 0.25) is 5.91 Å². The lowest BCUT2D eigenvalue weighted by Crippen LogP contribution is -2.35. The summed E-state index contributed by atoms with van der Waals surface area (Å²) < 4.78 is 2.18. The molecule has 0 fully saturated rings. The van der Waals surface area contributed by atoms with E-state index in [1.807, 2.05) is 48.2 Å². The largest absolute Gasteiger partial charge is 0.311 e. The average Bonchev–Trinajstić information content (AvgIpc) is 3.39. The zero-order valence-electron chi connectivity index (χ0n) is 19.2. The molecule has 0 bridgehead atoms. The molecule has 1 aliphatic rings. The number of thioether (sulfide) groups is 1. The maximum Gasteiger partial charge on any atom is 0.240 e. The fourth-order valence-electron chi connectivity index (χ4n) is 4.32. The Morgan fingerprint density at radius 3 is 2.53 bits per heavy atom. The van der Waals surface area contributed by atoms with Crippen molar-refractivity contribution in [3.05, 3.63) is 71.5 Å². The summed E-state index contributed by atoms with van der Waals surface area (Å²) in [6, 6.07) is 18.7. The second kappa shape index (κ2) is 9.88. The minimum atomic E-state index is -0.257.